The van der Waals surface area contributed by atoms with Gasteiger partial charge in [-0.05, 0) is 9.91 Å². The van der Waals surface area contributed by atoms with Crippen molar-refractivity contribution in [3.05, 3.63) is 27.4 Å². The molecule has 0 N–H and O–H groups in total. The van der Waals surface area contributed by atoms with Crippen molar-refractivity contribution in [1.29, 1.82) is 5.26 Å². The number of hydrogen-bond acceptors (Lipinski definition) is 6. The van der Waals surface area contributed by atoms with Gasteiger partial charge >= 0.3 is 5.82 Å². The first-order valence-electron chi connectivity index (χ1n) is 4.00. The number of alkyl halides is 2. The van der Waals surface area contributed by atoms with Gasteiger partial charge in [-0.1, -0.05) is 0 Å². The zero-order chi connectivity index (χ0) is 14.1. The van der Waals surface area contributed by atoms with E-state index in [2.05, 4.69) is 4.98 Å². The van der Waals surface area contributed by atoms with E-state index in [0.717, 1.165) is 6.07 Å². The predicted molar refractivity (Wildman–Crippen MR) is 53.6 cm³/mol. The molecule has 0 atom stereocenters. The summed E-state index contributed by atoms with van der Waals surface area (Å²) in [6.07, 6.45) is -3.05. The van der Waals surface area contributed by atoms with Gasteiger partial charge in [0, 0.05) is 10.7 Å². The highest BCUT2D eigenvalue weighted by Gasteiger charge is 2.33. The van der Waals surface area contributed by atoms with Crippen molar-refractivity contribution in [3.63, 3.8) is 0 Å². The van der Waals surface area contributed by atoms with Gasteiger partial charge in [-0.3, -0.25) is 0 Å². The fourth-order valence-corrected chi connectivity index (χ4v) is 2.08. The van der Waals surface area contributed by atoms with Crippen LogP contribution in [-0.4, -0.2) is 18.3 Å². The van der Waals surface area contributed by atoms with Crippen molar-refractivity contribution in [1.82, 2.24) is 4.98 Å². The number of rotatable bonds is 3. The van der Waals surface area contributed by atoms with Crippen molar-refractivity contribution in [3.8, 4) is 6.07 Å². The molecule has 0 spiro atoms. The highest BCUT2D eigenvalue weighted by molar-refractivity contribution is 8.13. The second-order valence-electron chi connectivity index (χ2n) is 2.84. The minimum Gasteiger partial charge on any atom is -0.358 e. The van der Waals surface area contributed by atoms with Crippen LogP contribution in [0.15, 0.2) is 11.1 Å². The smallest absolute Gasteiger partial charge is 0.358 e. The van der Waals surface area contributed by atoms with E-state index in [-0.39, 0.29) is 0 Å². The van der Waals surface area contributed by atoms with E-state index in [1.54, 1.807) is 0 Å². The summed E-state index contributed by atoms with van der Waals surface area (Å²) < 4.78 is 47.4. The van der Waals surface area contributed by atoms with E-state index in [1.165, 1.54) is 0 Å². The maximum absolute atomic E-state index is 12.7. The van der Waals surface area contributed by atoms with Crippen LogP contribution in [0.3, 0.4) is 0 Å². The summed E-state index contributed by atoms with van der Waals surface area (Å²) in [5.41, 5.74) is -2.45. The Morgan fingerprint density at radius 1 is 1.56 bits per heavy atom. The first-order chi connectivity index (χ1) is 8.20. The van der Waals surface area contributed by atoms with Gasteiger partial charge in [0.2, 0.25) is 0 Å². The second kappa shape index (κ2) is 4.79. The van der Waals surface area contributed by atoms with Crippen LogP contribution in [0.4, 0.5) is 14.6 Å². The maximum atomic E-state index is 12.7. The lowest BCUT2D eigenvalue weighted by molar-refractivity contribution is -0.391. The Morgan fingerprint density at radius 2 is 2.11 bits per heavy atom. The van der Waals surface area contributed by atoms with E-state index in [4.69, 9.17) is 15.9 Å². The Hall–Kier alpha value is -1.86. The molecule has 7 nitrogen and oxygen atoms in total. The minimum atomic E-state index is -4.51. The zero-order valence-electron chi connectivity index (χ0n) is 8.17. The van der Waals surface area contributed by atoms with Gasteiger partial charge in [0.1, 0.15) is 16.5 Å². The molecule has 1 aromatic heterocycles. The molecule has 0 fully saturated rings. The molecule has 1 rings (SSSR count). The van der Waals surface area contributed by atoms with Crippen molar-refractivity contribution < 1.29 is 22.1 Å². The lowest BCUT2D eigenvalue weighted by atomic mass is 10.1. The molecular weight excluding hydrogens is 296 g/mol. The molecule has 0 aliphatic rings. The van der Waals surface area contributed by atoms with Crippen LogP contribution in [0, 0.1) is 21.4 Å². The maximum Gasteiger partial charge on any atom is 0.373 e. The molecule has 0 bridgehead atoms. The Labute approximate surface area is 103 Å². The number of nitro groups is 1. The number of nitriles is 1. The number of halogens is 3. The first-order valence-corrected chi connectivity index (χ1v) is 6.31. The zero-order valence-corrected chi connectivity index (χ0v) is 9.74. The number of nitrogens with zero attached hydrogens (tertiary/aromatic N) is 3. The Kier molecular flexibility index (Phi) is 3.78. The van der Waals surface area contributed by atoms with Crippen molar-refractivity contribution in [2.45, 2.75) is 11.3 Å². The van der Waals surface area contributed by atoms with Crippen LogP contribution in [0.1, 0.15) is 17.6 Å². The summed E-state index contributed by atoms with van der Waals surface area (Å²) in [5.74, 6) is -1.29. The molecule has 0 unspecified atom stereocenters. The molecule has 1 heterocycles. The van der Waals surface area contributed by atoms with Gasteiger partial charge in [-0.15, -0.1) is 0 Å². The van der Waals surface area contributed by atoms with Gasteiger partial charge in [0.15, 0.2) is 6.20 Å². The van der Waals surface area contributed by atoms with Crippen LogP contribution in [0.25, 0.3) is 0 Å². The summed E-state index contributed by atoms with van der Waals surface area (Å²) in [6, 6.07) is 1.16. The summed E-state index contributed by atoms with van der Waals surface area (Å²) in [6.45, 7) is 0. The average Bonchev–Trinajstić information content (AvgIpc) is 2.25. The highest BCUT2D eigenvalue weighted by Crippen LogP contribution is 2.34. The second-order valence-corrected chi connectivity index (χ2v) is 5.38. The summed E-state index contributed by atoms with van der Waals surface area (Å²) >= 11 is 0. The molecule has 96 valence electrons. The van der Waals surface area contributed by atoms with Gasteiger partial charge in [0.05, 0.1) is 5.56 Å². The van der Waals surface area contributed by atoms with Gasteiger partial charge in [-0.25, -0.2) is 17.2 Å². The molecule has 11 heteroatoms. The molecule has 0 aliphatic heterocycles. The topological polar surface area (TPSA) is 114 Å². The fourth-order valence-electron chi connectivity index (χ4n) is 1.15. The van der Waals surface area contributed by atoms with Crippen molar-refractivity contribution in [2.24, 2.45) is 0 Å². The summed E-state index contributed by atoms with van der Waals surface area (Å²) in [7, 11) is 0.405. The summed E-state index contributed by atoms with van der Waals surface area (Å²) in [4.78, 5) is 11.2. The van der Waals surface area contributed by atoms with E-state index in [9.17, 15) is 27.3 Å². The highest BCUT2D eigenvalue weighted by atomic mass is 35.7. The van der Waals surface area contributed by atoms with Crippen LogP contribution in [0.2, 0.25) is 0 Å². The molecule has 1 aromatic rings. The lowest BCUT2D eigenvalue weighted by Crippen LogP contribution is -2.07. The monoisotopic (exact) mass is 297 g/mol. The van der Waals surface area contributed by atoms with Crippen molar-refractivity contribution >= 4 is 25.6 Å². The summed E-state index contributed by atoms with van der Waals surface area (Å²) in [5, 5.41) is 19.1. The fraction of sp³-hybridized carbons (Fsp3) is 0.143. The largest absolute Gasteiger partial charge is 0.373 e. The number of pyridine rings is 1. The molecule has 0 aromatic carbocycles. The molecule has 18 heavy (non-hydrogen) atoms. The first kappa shape index (κ1) is 14.2. The third-order valence-corrected chi connectivity index (χ3v) is 3.16. The van der Waals surface area contributed by atoms with Gasteiger partial charge in [-0.2, -0.15) is 5.26 Å². The number of aromatic nitrogens is 1. The minimum absolute atomic E-state index is 0.394. The molecule has 0 saturated heterocycles. The standard InChI is InChI=1S/C7H2ClF2N3O4S/c8-18(16,17)4-2-12-7(13(14)15)5(6(9)10)3(4)1-11/h2,6H. The van der Waals surface area contributed by atoms with E-state index in [1.807, 2.05) is 0 Å². The Morgan fingerprint density at radius 3 is 2.44 bits per heavy atom. The molecular formula is C7H2ClF2N3O4S. The van der Waals surface area contributed by atoms with Crippen molar-refractivity contribution in [2.75, 3.05) is 0 Å². The Balaban J connectivity index is 3.82. The van der Waals surface area contributed by atoms with Crippen LogP contribution >= 0.6 is 10.7 Å². The SMILES string of the molecule is N#Cc1c(S(=O)(=O)Cl)cnc([N+](=O)[O-])c1C(F)F. The van der Waals surface area contributed by atoms with Crippen LogP contribution in [-0.2, 0) is 9.05 Å². The third kappa shape index (κ3) is 2.52. The quantitative estimate of drug-likeness (QED) is 0.477. The van der Waals surface area contributed by atoms with E-state index in [0.29, 0.717) is 6.20 Å². The van der Waals surface area contributed by atoms with Gasteiger partial charge in [0.25, 0.3) is 15.5 Å². The molecule has 0 amide bonds. The third-order valence-electron chi connectivity index (χ3n) is 1.83. The molecule has 0 aliphatic carbocycles. The van der Waals surface area contributed by atoms with Crippen LogP contribution in [0.5, 0.6) is 0 Å². The van der Waals surface area contributed by atoms with Gasteiger partial charge < -0.3 is 10.1 Å². The van der Waals surface area contributed by atoms with E-state index < -0.39 is 42.2 Å². The predicted octanol–water partition coefficient (Wildman–Crippen LogP) is 1.73. The van der Waals surface area contributed by atoms with Crippen LogP contribution < -0.4 is 0 Å². The average molecular weight is 298 g/mol. The molecule has 0 saturated carbocycles. The lowest BCUT2D eigenvalue weighted by Gasteiger charge is -2.05. The molecule has 0 radical (unpaired) electrons. The van der Waals surface area contributed by atoms with E-state index >= 15 is 0 Å². The Bertz CT molecular complexity index is 655. The normalized spacial score (nSPS) is 11.3. The number of hydrogen-bond donors (Lipinski definition) is 0.